The lowest BCUT2D eigenvalue weighted by Gasteiger charge is -2.09. The van der Waals surface area contributed by atoms with E-state index in [1.165, 1.54) is 18.4 Å². The molecule has 2 aromatic heterocycles. The van der Waals surface area contributed by atoms with Crippen LogP contribution in [0.4, 0.5) is 10.1 Å². The maximum atomic E-state index is 14.1. The first-order valence-electron chi connectivity index (χ1n) is 8.56. The Morgan fingerprint density at radius 3 is 2.64 bits per heavy atom. The van der Waals surface area contributed by atoms with Gasteiger partial charge in [-0.2, -0.15) is 0 Å². The lowest BCUT2D eigenvalue weighted by molar-refractivity contribution is 0.102. The number of amides is 1. The molecule has 0 aliphatic carbocycles. The van der Waals surface area contributed by atoms with Crippen molar-refractivity contribution in [2.45, 2.75) is 13.8 Å². The van der Waals surface area contributed by atoms with E-state index in [2.05, 4.69) is 15.5 Å². The quantitative estimate of drug-likeness (QED) is 0.541. The van der Waals surface area contributed by atoms with Crippen LogP contribution >= 0.6 is 0 Å². The highest BCUT2D eigenvalue weighted by Gasteiger charge is 2.15. The summed E-state index contributed by atoms with van der Waals surface area (Å²) < 4.78 is 24.9. The number of hydrogen-bond donors (Lipinski definition) is 1. The number of hydrogen-bond acceptors (Lipinski definition) is 5. The fourth-order valence-corrected chi connectivity index (χ4v) is 2.80. The van der Waals surface area contributed by atoms with E-state index in [9.17, 15) is 9.18 Å². The van der Waals surface area contributed by atoms with E-state index in [-0.39, 0.29) is 17.7 Å². The Balaban J connectivity index is 1.62. The van der Waals surface area contributed by atoms with Gasteiger partial charge in [0.15, 0.2) is 5.76 Å². The molecule has 0 saturated carbocycles. The minimum atomic E-state index is -0.536. The highest BCUT2D eigenvalue weighted by Crippen LogP contribution is 2.27. The van der Waals surface area contributed by atoms with Crippen molar-refractivity contribution in [3.8, 4) is 23.1 Å². The van der Waals surface area contributed by atoms with Crippen LogP contribution in [0.3, 0.4) is 0 Å². The third-order valence-electron chi connectivity index (χ3n) is 4.20. The first kappa shape index (κ1) is 17.7. The van der Waals surface area contributed by atoms with E-state index in [4.69, 9.17) is 8.83 Å². The van der Waals surface area contributed by atoms with Gasteiger partial charge in [0, 0.05) is 16.8 Å². The van der Waals surface area contributed by atoms with E-state index in [0.29, 0.717) is 22.6 Å². The molecule has 0 atom stereocenters. The zero-order chi connectivity index (χ0) is 19.7. The van der Waals surface area contributed by atoms with Crippen LogP contribution in [0.5, 0.6) is 0 Å². The molecule has 2 aromatic carbocycles. The molecule has 6 nitrogen and oxygen atoms in total. The van der Waals surface area contributed by atoms with Crippen molar-refractivity contribution in [1.82, 2.24) is 10.2 Å². The van der Waals surface area contributed by atoms with Crippen LogP contribution in [0.15, 0.2) is 63.6 Å². The lowest BCUT2D eigenvalue weighted by Crippen LogP contribution is -2.13. The van der Waals surface area contributed by atoms with Crippen molar-refractivity contribution in [3.05, 3.63) is 77.3 Å². The van der Waals surface area contributed by atoms with Crippen molar-refractivity contribution in [1.29, 1.82) is 0 Å². The van der Waals surface area contributed by atoms with E-state index in [1.807, 2.05) is 26.0 Å². The number of carbonyl (C=O) groups is 1. The maximum absolute atomic E-state index is 14.1. The number of nitrogens with one attached hydrogen (secondary N) is 1. The van der Waals surface area contributed by atoms with Crippen LogP contribution in [0.1, 0.15) is 21.5 Å². The molecule has 0 saturated heterocycles. The third kappa shape index (κ3) is 3.55. The highest BCUT2D eigenvalue weighted by atomic mass is 19.1. The molecule has 0 bridgehead atoms. The van der Waals surface area contributed by atoms with Gasteiger partial charge in [-0.25, -0.2) is 4.39 Å². The fraction of sp³-hybridized carbons (Fsp3) is 0.0952. The molecule has 0 aliphatic heterocycles. The minimum absolute atomic E-state index is 0.119. The molecule has 0 fully saturated rings. The van der Waals surface area contributed by atoms with Crippen LogP contribution < -0.4 is 5.32 Å². The summed E-state index contributed by atoms with van der Waals surface area (Å²) in [7, 11) is 0. The van der Waals surface area contributed by atoms with Gasteiger partial charge >= 0.3 is 0 Å². The summed E-state index contributed by atoms with van der Waals surface area (Å²) in [5.74, 6) is -0.136. The number of aromatic nitrogens is 2. The molecule has 4 rings (SSSR count). The second-order valence-corrected chi connectivity index (χ2v) is 6.39. The first-order chi connectivity index (χ1) is 13.5. The van der Waals surface area contributed by atoms with Gasteiger partial charge < -0.3 is 14.2 Å². The third-order valence-corrected chi connectivity index (χ3v) is 4.20. The van der Waals surface area contributed by atoms with Gasteiger partial charge in [0.2, 0.25) is 5.89 Å². The summed E-state index contributed by atoms with van der Waals surface area (Å²) in [4.78, 5) is 12.6. The molecular formula is C21H16FN3O3. The molecule has 0 radical (unpaired) electrons. The Labute approximate surface area is 160 Å². The molecule has 1 N–H and O–H groups in total. The predicted octanol–water partition coefficient (Wildman–Crippen LogP) is 5.00. The van der Waals surface area contributed by atoms with E-state index >= 15 is 0 Å². The number of benzene rings is 2. The summed E-state index contributed by atoms with van der Waals surface area (Å²) >= 11 is 0. The van der Waals surface area contributed by atoms with Gasteiger partial charge in [0.25, 0.3) is 11.8 Å². The Hall–Kier alpha value is -3.74. The van der Waals surface area contributed by atoms with E-state index < -0.39 is 5.82 Å². The first-order valence-corrected chi connectivity index (χ1v) is 8.56. The second-order valence-electron chi connectivity index (χ2n) is 6.39. The van der Waals surface area contributed by atoms with Gasteiger partial charge in [0.1, 0.15) is 5.82 Å². The standard InChI is InChI=1S/C21H16FN3O3/c1-12-5-6-13(2)17(8-12)19(26)23-16-10-14(9-15(22)11-16)20-24-25-21(28-20)18-4-3-7-27-18/h3-11H,1-2H3,(H,23,26). The molecule has 0 aliphatic rings. The number of halogens is 1. The van der Waals surface area contributed by atoms with E-state index in [1.54, 1.807) is 24.3 Å². The molecule has 0 spiro atoms. The molecule has 2 heterocycles. The van der Waals surface area contributed by atoms with Crippen molar-refractivity contribution in [3.63, 3.8) is 0 Å². The SMILES string of the molecule is Cc1ccc(C)c(C(=O)Nc2cc(F)cc(-c3nnc(-c4ccco4)o3)c2)c1. The summed E-state index contributed by atoms with van der Waals surface area (Å²) in [6.45, 7) is 3.75. The lowest BCUT2D eigenvalue weighted by atomic mass is 10.0. The number of anilines is 1. The van der Waals surface area contributed by atoms with Crippen molar-refractivity contribution in [2.75, 3.05) is 5.32 Å². The fourth-order valence-electron chi connectivity index (χ4n) is 2.80. The molecule has 0 unspecified atom stereocenters. The van der Waals surface area contributed by atoms with Crippen LogP contribution in [-0.4, -0.2) is 16.1 Å². The average Bonchev–Trinajstić information content (AvgIpc) is 3.34. The molecule has 4 aromatic rings. The molecule has 140 valence electrons. The summed E-state index contributed by atoms with van der Waals surface area (Å²) in [6, 6.07) is 13.0. The van der Waals surface area contributed by atoms with Gasteiger partial charge in [-0.1, -0.05) is 17.7 Å². The zero-order valence-corrected chi connectivity index (χ0v) is 15.2. The van der Waals surface area contributed by atoms with Gasteiger partial charge in [-0.15, -0.1) is 10.2 Å². The topological polar surface area (TPSA) is 81.2 Å². The zero-order valence-electron chi connectivity index (χ0n) is 15.2. The Morgan fingerprint density at radius 2 is 1.86 bits per heavy atom. The van der Waals surface area contributed by atoms with Gasteiger partial charge in [-0.3, -0.25) is 4.79 Å². The summed E-state index contributed by atoms with van der Waals surface area (Å²) in [5, 5.41) is 10.6. The molecule has 1 amide bonds. The van der Waals surface area contributed by atoms with Gasteiger partial charge in [0.05, 0.1) is 6.26 Å². The Morgan fingerprint density at radius 1 is 1.04 bits per heavy atom. The predicted molar refractivity (Wildman–Crippen MR) is 101 cm³/mol. The smallest absolute Gasteiger partial charge is 0.283 e. The van der Waals surface area contributed by atoms with Crippen LogP contribution in [0.25, 0.3) is 23.1 Å². The van der Waals surface area contributed by atoms with Crippen molar-refractivity contribution < 1.29 is 18.0 Å². The second kappa shape index (κ2) is 7.11. The van der Waals surface area contributed by atoms with Crippen LogP contribution in [0.2, 0.25) is 0 Å². The maximum Gasteiger partial charge on any atom is 0.283 e. The largest absolute Gasteiger partial charge is 0.459 e. The van der Waals surface area contributed by atoms with Crippen molar-refractivity contribution >= 4 is 11.6 Å². The summed E-state index contributed by atoms with van der Waals surface area (Å²) in [5.41, 5.74) is 2.97. The normalized spacial score (nSPS) is 10.8. The van der Waals surface area contributed by atoms with Crippen molar-refractivity contribution in [2.24, 2.45) is 0 Å². The molecule has 7 heteroatoms. The number of aryl methyl sites for hydroxylation is 2. The Kier molecular flexibility index (Phi) is 4.49. The summed E-state index contributed by atoms with van der Waals surface area (Å²) in [6.07, 6.45) is 1.49. The van der Waals surface area contributed by atoms with E-state index in [0.717, 1.165) is 11.1 Å². The minimum Gasteiger partial charge on any atom is -0.459 e. The average molecular weight is 377 g/mol. The molecular weight excluding hydrogens is 361 g/mol. The number of nitrogens with zero attached hydrogens (tertiary/aromatic N) is 2. The number of furan rings is 1. The van der Waals surface area contributed by atoms with Crippen LogP contribution in [0, 0.1) is 19.7 Å². The number of carbonyl (C=O) groups excluding carboxylic acids is 1. The van der Waals surface area contributed by atoms with Gasteiger partial charge in [-0.05, 0) is 55.8 Å². The highest BCUT2D eigenvalue weighted by molar-refractivity contribution is 6.05. The molecule has 28 heavy (non-hydrogen) atoms. The monoisotopic (exact) mass is 377 g/mol. The number of rotatable bonds is 4. The Bertz CT molecular complexity index is 1150. The van der Waals surface area contributed by atoms with Crippen LogP contribution in [-0.2, 0) is 0 Å².